The van der Waals surface area contributed by atoms with Crippen LogP contribution in [0.2, 0.25) is 0 Å². The SMILES string of the molecule is O=C(O)c1nc2ccc(I)cc2[nH]c1=O. The topological polar surface area (TPSA) is 83.0 Å². The molecule has 5 nitrogen and oxygen atoms in total. The monoisotopic (exact) mass is 316 g/mol. The second-order valence-corrected chi connectivity index (χ2v) is 4.13. The van der Waals surface area contributed by atoms with Crippen LogP contribution >= 0.6 is 22.6 Å². The van der Waals surface area contributed by atoms with Gasteiger partial charge in [-0.05, 0) is 40.8 Å². The van der Waals surface area contributed by atoms with Crippen molar-refractivity contribution in [3.63, 3.8) is 0 Å². The number of rotatable bonds is 1. The second-order valence-electron chi connectivity index (χ2n) is 2.88. The Morgan fingerprint density at radius 1 is 1.47 bits per heavy atom. The highest BCUT2D eigenvalue weighted by molar-refractivity contribution is 14.1. The van der Waals surface area contributed by atoms with Gasteiger partial charge in [-0.2, -0.15) is 0 Å². The van der Waals surface area contributed by atoms with E-state index in [-0.39, 0.29) is 0 Å². The predicted molar refractivity (Wildman–Crippen MR) is 62.0 cm³/mol. The van der Waals surface area contributed by atoms with Gasteiger partial charge < -0.3 is 10.1 Å². The van der Waals surface area contributed by atoms with Crippen molar-refractivity contribution in [2.24, 2.45) is 0 Å². The number of nitrogens with zero attached hydrogens (tertiary/aromatic N) is 1. The Hall–Kier alpha value is -1.44. The Labute approximate surface area is 97.3 Å². The van der Waals surface area contributed by atoms with Crippen LogP contribution in [0.25, 0.3) is 11.0 Å². The van der Waals surface area contributed by atoms with Gasteiger partial charge in [0.25, 0.3) is 5.56 Å². The summed E-state index contributed by atoms with van der Waals surface area (Å²) in [5.74, 6) is -1.32. The molecule has 76 valence electrons. The summed E-state index contributed by atoms with van der Waals surface area (Å²) in [7, 11) is 0. The minimum atomic E-state index is -1.32. The van der Waals surface area contributed by atoms with Crippen molar-refractivity contribution >= 4 is 39.6 Å². The fraction of sp³-hybridized carbons (Fsp3) is 0. The minimum Gasteiger partial charge on any atom is -0.476 e. The zero-order valence-corrected chi connectivity index (χ0v) is 9.48. The van der Waals surface area contributed by atoms with Crippen LogP contribution in [0.5, 0.6) is 0 Å². The van der Waals surface area contributed by atoms with E-state index in [9.17, 15) is 9.59 Å². The van der Waals surface area contributed by atoms with Crippen LogP contribution in [0.3, 0.4) is 0 Å². The molecule has 2 N–H and O–H groups in total. The molecule has 1 heterocycles. The van der Waals surface area contributed by atoms with Crippen molar-refractivity contribution in [3.05, 3.63) is 37.8 Å². The lowest BCUT2D eigenvalue weighted by atomic mass is 10.3. The number of hydrogen-bond donors (Lipinski definition) is 2. The quantitative estimate of drug-likeness (QED) is 0.775. The minimum absolute atomic E-state index is 0.465. The fourth-order valence-corrected chi connectivity index (χ4v) is 1.69. The summed E-state index contributed by atoms with van der Waals surface area (Å²) in [6.07, 6.45) is 0. The number of benzene rings is 1. The number of fused-ring (bicyclic) bond motifs is 1. The molecular formula is C9H5IN2O3. The maximum Gasteiger partial charge on any atom is 0.360 e. The highest BCUT2D eigenvalue weighted by Gasteiger charge is 2.11. The summed E-state index contributed by atoms with van der Waals surface area (Å²) in [6, 6.07) is 5.19. The molecule has 1 aromatic heterocycles. The lowest BCUT2D eigenvalue weighted by Gasteiger charge is -1.99. The first-order valence-corrected chi connectivity index (χ1v) is 5.08. The molecule has 1 aromatic carbocycles. The van der Waals surface area contributed by atoms with Crippen molar-refractivity contribution < 1.29 is 9.90 Å². The van der Waals surface area contributed by atoms with Gasteiger partial charge in [0.05, 0.1) is 11.0 Å². The molecule has 0 aliphatic rings. The van der Waals surface area contributed by atoms with Crippen LogP contribution in [-0.2, 0) is 0 Å². The van der Waals surface area contributed by atoms with Crippen LogP contribution in [-0.4, -0.2) is 21.0 Å². The maximum atomic E-state index is 11.3. The number of aromatic amines is 1. The zero-order valence-electron chi connectivity index (χ0n) is 7.32. The van der Waals surface area contributed by atoms with Crippen LogP contribution in [0.4, 0.5) is 0 Å². The van der Waals surface area contributed by atoms with E-state index in [1.807, 2.05) is 0 Å². The molecule has 0 radical (unpaired) electrons. The Balaban J connectivity index is 2.82. The van der Waals surface area contributed by atoms with Gasteiger partial charge in [-0.25, -0.2) is 9.78 Å². The average Bonchev–Trinajstić information content (AvgIpc) is 2.15. The Morgan fingerprint density at radius 2 is 2.20 bits per heavy atom. The molecule has 0 saturated carbocycles. The van der Waals surface area contributed by atoms with Crippen LogP contribution < -0.4 is 5.56 Å². The van der Waals surface area contributed by atoms with E-state index in [1.165, 1.54) is 0 Å². The molecule has 0 unspecified atom stereocenters. The molecule has 15 heavy (non-hydrogen) atoms. The summed E-state index contributed by atoms with van der Waals surface area (Å²) in [4.78, 5) is 28.2. The lowest BCUT2D eigenvalue weighted by molar-refractivity contribution is 0.0689. The van der Waals surface area contributed by atoms with Gasteiger partial charge in [0.2, 0.25) is 5.69 Å². The second kappa shape index (κ2) is 3.61. The van der Waals surface area contributed by atoms with Gasteiger partial charge in [0, 0.05) is 3.57 Å². The molecule has 0 saturated heterocycles. The smallest absolute Gasteiger partial charge is 0.360 e. The van der Waals surface area contributed by atoms with Crippen molar-refractivity contribution in [3.8, 4) is 0 Å². The highest BCUT2D eigenvalue weighted by atomic mass is 127. The Bertz CT molecular complexity index is 606. The first-order valence-electron chi connectivity index (χ1n) is 4.01. The van der Waals surface area contributed by atoms with Gasteiger partial charge in [-0.3, -0.25) is 4.79 Å². The third kappa shape index (κ3) is 1.84. The first kappa shape index (κ1) is 10.1. The van der Waals surface area contributed by atoms with Crippen molar-refractivity contribution in [1.29, 1.82) is 0 Å². The molecule has 0 amide bonds. The van der Waals surface area contributed by atoms with Crippen LogP contribution in [0, 0.1) is 3.57 Å². The molecule has 2 rings (SSSR count). The van der Waals surface area contributed by atoms with Crippen molar-refractivity contribution in [2.75, 3.05) is 0 Å². The standard InChI is InChI=1S/C9H5IN2O3/c10-4-1-2-5-6(3-4)12-8(13)7(11-5)9(14)15/h1-3H,(H,12,13)(H,14,15). The molecular weight excluding hydrogens is 311 g/mol. The molecule has 0 spiro atoms. The zero-order chi connectivity index (χ0) is 11.0. The fourth-order valence-electron chi connectivity index (χ4n) is 1.20. The van der Waals surface area contributed by atoms with E-state index < -0.39 is 17.2 Å². The number of carboxylic acids is 1. The van der Waals surface area contributed by atoms with E-state index in [0.29, 0.717) is 11.0 Å². The largest absolute Gasteiger partial charge is 0.476 e. The Kier molecular flexibility index (Phi) is 2.43. The summed E-state index contributed by atoms with van der Waals surface area (Å²) in [5.41, 5.74) is -0.162. The third-order valence-corrected chi connectivity index (χ3v) is 2.53. The molecule has 0 aliphatic heterocycles. The van der Waals surface area contributed by atoms with E-state index in [1.54, 1.807) is 18.2 Å². The van der Waals surface area contributed by atoms with Crippen LogP contribution in [0.1, 0.15) is 10.5 Å². The van der Waals surface area contributed by atoms with Gasteiger partial charge >= 0.3 is 5.97 Å². The van der Waals surface area contributed by atoms with Gasteiger partial charge in [-0.1, -0.05) is 0 Å². The number of nitrogens with one attached hydrogen (secondary N) is 1. The number of hydrogen-bond acceptors (Lipinski definition) is 3. The third-order valence-electron chi connectivity index (χ3n) is 1.86. The Morgan fingerprint density at radius 3 is 2.87 bits per heavy atom. The van der Waals surface area contributed by atoms with Crippen LogP contribution in [0.15, 0.2) is 23.0 Å². The van der Waals surface area contributed by atoms with Gasteiger partial charge in [0.1, 0.15) is 0 Å². The van der Waals surface area contributed by atoms with E-state index in [2.05, 4.69) is 32.6 Å². The van der Waals surface area contributed by atoms with Crippen molar-refractivity contribution in [2.45, 2.75) is 0 Å². The molecule has 0 fully saturated rings. The first-order chi connectivity index (χ1) is 7.08. The van der Waals surface area contributed by atoms with E-state index in [0.717, 1.165) is 3.57 Å². The molecule has 2 aromatic rings. The number of halogens is 1. The number of aromatic carboxylic acids is 1. The maximum absolute atomic E-state index is 11.3. The van der Waals surface area contributed by atoms with E-state index >= 15 is 0 Å². The number of aromatic nitrogens is 2. The molecule has 6 heteroatoms. The van der Waals surface area contributed by atoms with Crippen molar-refractivity contribution in [1.82, 2.24) is 9.97 Å². The number of H-pyrrole nitrogens is 1. The molecule has 0 atom stereocenters. The normalized spacial score (nSPS) is 10.5. The number of carbonyl (C=O) groups is 1. The summed E-state index contributed by atoms with van der Waals surface area (Å²) < 4.78 is 0.945. The number of carboxylic acid groups (broad SMARTS) is 1. The average molecular weight is 316 g/mol. The van der Waals surface area contributed by atoms with E-state index in [4.69, 9.17) is 5.11 Å². The summed E-state index contributed by atoms with van der Waals surface area (Å²) in [6.45, 7) is 0. The van der Waals surface area contributed by atoms with Gasteiger partial charge in [-0.15, -0.1) is 0 Å². The summed E-state index contributed by atoms with van der Waals surface area (Å²) in [5, 5.41) is 8.70. The molecule has 0 bridgehead atoms. The molecule has 0 aliphatic carbocycles. The highest BCUT2D eigenvalue weighted by Crippen LogP contribution is 2.12. The summed E-state index contributed by atoms with van der Waals surface area (Å²) >= 11 is 2.10. The van der Waals surface area contributed by atoms with Gasteiger partial charge in [0.15, 0.2) is 0 Å². The lowest BCUT2D eigenvalue weighted by Crippen LogP contribution is -2.19. The predicted octanol–water partition coefficient (Wildman–Crippen LogP) is 1.23.